The summed E-state index contributed by atoms with van der Waals surface area (Å²) in [5, 5.41) is 3.26. The quantitative estimate of drug-likeness (QED) is 0.926. The Labute approximate surface area is 131 Å². The van der Waals surface area contributed by atoms with Crippen LogP contribution >= 0.6 is 0 Å². The summed E-state index contributed by atoms with van der Waals surface area (Å²) in [4.78, 5) is 15.1. The van der Waals surface area contributed by atoms with Crippen molar-refractivity contribution in [2.24, 2.45) is 5.92 Å². The van der Waals surface area contributed by atoms with E-state index in [2.05, 4.69) is 10.2 Å². The van der Waals surface area contributed by atoms with Gasteiger partial charge in [0, 0.05) is 12.5 Å². The van der Waals surface area contributed by atoms with Crippen LogP contribution < -0.4 is 5.32 Å². The lowest BCUT2D eigenvalue weighted by atomic mass is 9.70. The second-order valence-corrected chi connectivity index (χ2v) is 6.85. The lowest BCUT2D eigenvalue weighted by Crippen LogP contribution is -2.70. The van der Waals surface area contributed by atoms with Gasteiger partial charge in [0.25, 0.3) is 5.91 Å². The van der Waals surface area contributed by atoms with Crippen molar-refractivity contribution < 1.29 is 13.9 Å². The number of carbonyl (C=O) groups is 1. The maximum atomic E-state index is 12.6. The number of ether oxygens (including phenoxy) is 1. The Morgan fingerprint density at radius 2 is 2.09 bits per heavy atom. The number of amides is 1. The Bertz CT molecular complexity index is 572. The molecule has 0 spiro atoms. The molecular weight excluding hydrogens is 280 g/mol. The molecule has 1 aromatic heterocycles. The Kier molecular flexibility index (Phi) is 3.50. The molecule has 3 fully saturated rings. The lowest BCUT2D eigenvalue weighted by Gasteiger charge is -2.51. The van der Waals surface area contributed by atoms with Gasteiger partial charge in [0.2, 0.25) is 0 Å². The van der Waals surface area contributed by atoms with E-state index in [0.717, 1.165) is 31.9 Å². The average molecular weight is 304 g/mol. The number of nitrogens with zero attached hydrogens (tertiary/aromatic N) is 1. The summed E-state index contributed by atoms with van der Waals surface area (Å²) >= 11 is 0. The van der Waals surface area contributed by atoms with Crippen LogP contribution in [0, 0.1) is 19.8 Å². The minimum absolute atomic E-state index is 0.00565. The number of carbonyl (C=O) groups excluding carboxylic acids is 1. The lowest BCUT2D eigenvalue weighted by molar-refractivity contribution is -0.0747. The molecule has 4 rings (SSSR count). The molecule has 5 heteroatoms. The van der Waals surface area contributed by atoms with Crippen molar-refractivity contribution in [1.29, 1.82) is 0 Å². The number of nitrogens with one attached hydrogen (secondary N) is 1. The molecular formula is C17H24N2O3. The summed E-state index contributed by atoms with van der Waals surface area (Å²) in [5.74, 6) is 1.96. The van der Waals surface area contributed by atoms with Crippen LogP contribution in [0.2, 0.25) is 0 Å². The molecule has 0 bridgehead atoms. The third kappa shape index (κ3) is 2.18. The summed E-state index contributed by atoms with van der Waals surface area (Å²) in [7, 11) is 0. The van der Waals surface area contributed by atoms with Gasteiger partial charge in [-0.05, 0) is 52.3 Å². The van der Waals surface area contributed by atoms with E-state index in [-0.39, 0.29) is 11.9 Å². The van der Waals surface area contributed by atoms with Gasteiger partial charge in [-0.15, -0.1) is 0 Å². The Balaban J connectivity index is 1.50. The van der Waals surface area contributed by atoms with Crippen LogP contribution in [0.1, 0.15) is 41.1 Å². The number of furan rings is 1. The van der Waals surface area contributed by atoms with Crippen molar-refractivity contribution in [2.45, 2.75) is 51.3 Å². The zero-order chi connectivity index (χ0) is 15.3. The molecule has 2 saturated heterocycles. The third-order valence-corrected chi connectivity index (χ3v) is 5.49. The van der Waals surface area contributed by atoms with Crippen LogP contribution in [-0.4, -0.2) is 48.7 Å². The van der Waals surface area contributed by atoms with Gasteiger partial charge >= 0.3 is 0 Å². The Morgan fingerprint density at radius 1 is 1.32 bits per heavy atom. The summed E-state index contributed by atoms with van der Waals surface area (Å²) in [6.07, 6.45) is 3.89. The predicted octanol–water partition coefficient (Wildman–Crippen LogP) is 1.88. The van der Waals surface area contributed by atoms with E-state index in [0.29, 0.717) is 29.4 Å². The largest absolute Gasteiger partial charge is 0.466 e. The zero-order valence-corrected chi connectivity index (χ0v) is 13.3. The highest BCUT2D eigenvalue weighted by atomic mass is 16.5. The highest BCUT2D eigenvalue weighted by Crippen LogP contribution is 2.43. The molecule has 1 N–H and O–H groups in total. The van der Waals surface area contributed by atoms with Crippen LogP contribution in [-0.2, 0) is 4.74 Å². The zero-order valence-electron chi connectivity index (χ0n) is 13.3. The normalized spacial score (nSPS) is 34.5. The highest BCUT2D eigenvalue weighted by molar-refractivity contribution is 5.95. The van der Waals surface area contributed by atoms with Crippen LogP contribution in [0.3, 0.4) is 0 Å². The fourth-order valence-electron chi connectivity index (χ4n) is 4.43. The van der Waals surface area contributed by atoms with E-state index in [9.17, 15) is 4.79 Å². The maximum absolute atomic E-state index is 12.6. The van der Waals surface area contributed by atoms with E-state index >= 15 is 0 Å². The van der Waals surface area contributed by atoms with Gasteiger partial charge in [0.15, 0.2) is 0 Å². The molecule has 5 nitrogen and oxygen atoms in total. The van der Waals surface area contributed by atoms with Crippen molar-refractivity contribution in [2.75, 3.05) is 19.7 Å². The minimum Gasteiger partial charge on any atom is -0.466 e. The van der Waals surface area contributed by atoms with Crippen molar-refractivity contribution in [1.82, 2.24) is 10.2 Å². The minimum atomic E-state index is -0.00565. The molecule has 1 amide bonds. The molecule has 1 saturated carbocycles. The highest BCUT2D eigenvalue weighted by Gasteiger charge is 2.56. The first-order valence-corrected chi connectivity index (χ1v) is 8.39. The second-order valence-electron chi connectivity index (χ2n) is 6.85. The molecule has 22 heavy (non-hydrogen) atoms. The third-order valence-electron chi connectivity index (χ3n) is 5.49. The molecule has 0 radical (unpaired) electrons. The molecule has 0 unspecified atom stereocenters. The number of rotatable bonds is 3. The molecule has 2 aliphatic heterocycles. The molecule has 1 aromatic rings. The number of likely N-dealkylation sites (tertiary alicyclic amines) is 1. The Hall–Kier alpha value is -1.33. The van der Waals surface area contributed by atoms with Gasteiger partial charge in [0.05, 0.1) is 23.8 Å². The number of hydrogen-bond acceptors (Lipinski definition) is 4. The van der Waals surface area contributed by atoms with Gasteiger partial charge < -0.3 is 14.5 Å². The van der Waals surface area contributed by atoms with Gasteiger partial charge in [-0.1, -0.05) is 0 Å². The number of aryl methyl sites for hydroxylation is 2. The number of hydrogen-bond donors (Lipinski definition) is 1. The molecule has 1 aliphatic carbocycles. The monoisotopic (exact) mass is 304 g/mol. The standard InChI is InChI=1S/C17H24N2O3/c1-10-9-13(11(2)22-10)17(20)18-14-12-5-8-21-16(12)15(14)19-6-3-4-7-19/h9,12,14-16H,3-8H2,1-2H3,(H,18,20)/t12-,14+,15-,16-/m1/s1. The first-order chi connectivity index (χ1) is 10.6. The summed E-state index contributed by atoms with van der Waals surface area (Å²) in [6, 6.07) is 2.40. The first-order valence-electron chi connectivity index (χ1n) is 8.39. The van der Waals surface area contributed by atoms with Crippen molar-refractivity contribution in [3.05, 3.63) is 23.2 Å². The topological polar surface area (TPSA) is 54.7 Å². The molecule has 0 aromatic carbocycles. The van der Waals surface area contributed by atoms with Crippen molar-refractivity contribution in [3.8, 4) is 0 Å². The van der Waals surface area contributed by atoms with Crippen molar-refractivity contribution in [3.63, 3.8) is 0 Å². The average Bonchev–Trinajstić information content (AvgIpc) is 3.18. The van der Waals surface area contributed by atoms with E-state index in [1.165, 1.54) is 12.8 Å². The predicted molar refractivity (Wildman–Crippen MR) is 81.9 cm³/mol. The Morgan fingerprint density at radius 3 is 2.77 bits per heavy atom. The van der Waals surface area contributed by atoms with Crippen LogP contribution in [0.25, 0.3) is 0 Å². The van der Waals surface area contributed by atoms with Gasteiger partial charge in [0.1, 0.15) is 11.5 Å². The summed E-state index contributed by atoms with van der Waals surface area (Å²) < 4.78 is 11.4. The van der Waals surface area contributed by atoms with E-state index in [1.54, 1.807) is 0 Å². The van der Waals surface area contributed by atoms with E-state index in [1.807, 2.05) is 19.9 Å². The van der Waals surface area contributed by atoms with Gasteiger partial charge in [-0.2, -0.15) is 0 Å². The van der Waals surface area contributed by atoms with Crippen LogP contribution in [0.4, 0.5) is 0 Å². The maximum Gasteiger partial charge on any atom is 0.255 e. The molecule has 4 atom stereocenters. The molecule has 3 heterocycles. The summed E-state index contributed by atoms with van der Waals surface area (Å²) in [5.41, 5.74) is 0.667. The molecule has 120 valence electrons. The van der Waals surface area contributed by atoms with Crippen LogP contribution in [0.5, 0.6) is 0 Å². The fourth-order valence-corrected chi connectivity index (χ4v) is 4.43. The summed E-state index contributed by atoms with van der Waals surface area (Å²) in [6.45, 7) is 6.82. The van der Waals surface area contributed by atoms with E-state index in [4.69, 9.17) is 9.15 Å². The van der Waals surface area contributed by atoms with Gasteiger partial charge in [-0.3, -0.25) is 9.69 Å². The van der Waals surface area contributed by atoms with E-state index < -0.39 is 0 Å². The smallest absolute Gasteiger partial charge is 0.255 e. The second kappa shape index (κ2) is 5.39. The number of fused-ring (bicyclic) bond motifs is 1. The first kappa shape index (κ1) is 14.3. The SMILES string of the molecule is Cc1cc(C(=O)N[C@H]2[C@H]3CCO[C@H]3[C@@H]2N2CCCC2)c(C)o1. The van der Waals surface area contributed by atoms with Gasteiger partial charge in [-0.25, -0.2) is 0 Å². The van der Waals surface area contributed by atoms with Crippen molar-refractivity contribution >= 4 is 5.91 Å². The fraction of sp³-hybridized carbons (Fsp3) is 0.706. The molecule has 3 aliphatic rings. The van der Waals surface area contributed by atoms with Crippen LogP contribution in [0.15, 0.2) is 10.5 Å².